The number of rotatable bonds is 11. The van der Waals surface area contributed by atoms with E-state index in [9.17, 15) is 0 Å². The molecule has 0 saturated carbocycles. The minimum atomic E-state index is -3.28. The standard InChI is InChI=1S/C78H54N2Si/c1-7-25-55(26-8-1)59-33-23-39-65(49-59)81(64-37-17-6-18-38-64,66-40-24-34-60(50-66)56-27-9-2-10-28-56)67-53-70(57-29-11-3-12-30-57)78(71(54-67)58-31-13-4-14-32-58)80-75-44-22-20-42-69(75)73-52-62(46-48-77(73)80)61-45-47-76-72(51-61)68-41-19-21-43-74(68)79(76)63-35-15-5-16-36-63/h1-54H. The highest BCUT2D eigenvalue weighted by Crippen LogP contribution is 2.43. The quantitative estimate of drug-likeness (QED) is 0.0902. The fourth-order valence-corrected chi connectivity index (χ4v) is 17.8. The van der Waals surface area contributed by atoms with Crippen molar-refractivity contribution in [2.45, 2.75) is 0 Å². The maximum Gasteiger partial charge on any atom is 0.179 e. The van der Waals surface area contributed by atoms with E-state index in [0.29, 0.717) is 0 Å². The van der Waals surface area contributed by atoms with Gasteiger partial charge < -0.3 is 9.13 Å². The van der Waals surface area contributed by atoms with Gasteiger partial charge in [0.1, 0.15) is 0 Å². The molecule has 2 heterocycles. The number of aromatic nitrogens is 2. The minimum Gasteiger partial charge on any atom is -0.309 e. The van der Waals surface area contributed by atoms with E-state index in [2.05, 4.69) is 337 Å². The zero-order valence-corrected chi connectivity index (χ0v) is 45.6. The molecule has 0 N–H and O–H groups in total. The van der Waals surface area contributed by atoms with E-state index in [0.717, 1.165) is 33.5 Å². The van der Waals surface area contributed by atoms with E-state index in [4.69, 9.17) is 0 Å². The van der Waals surface area contributed by atoms with Crippen molar-refractivity contribution >= 4 is 72.4 Å². The molecule has 0 unspecified atom stereocenters. The van der Waals surface area contributed by atoms with Gasteiger partial charge in [0, 0.05) is 38.4 Å². The summed E-state index contributed by atoms with van der Waals surface area (Å²) < 4.78 is 4.96. The Labute approximate surface area is 473 Å². The van der Waals surface area contributed by atoms with Crippen LogP contribution in [0.25, 0.3) is 111 Å². The first-order valence-electron chi connectivity index (χ1n) is 28.0. The Hall–Kier alpha value is -10.3. The molecule has 0 saturated heterocycles. The normalized spacial score (nSPS) is 11.7. The van der Waals surface area contributed by atoms with Crippen LogP contribution in [0.2, 0.25) is 0 Å². The molecule has 0 bridgehead atoms. The Morgan fingerprint density at radius 3 is 1.02 bits per heavy atom. The summed E-state index contributed by atoms with van der Waals surface area (Å²) in [6, 6.07) is 122. The first-order chi connectivity index (χ1) is 40.2. The van der Waals surface area contributed by atoms with Crippen LogP contribution >= 0.6 is 0 Å². The molecule has 81 heavy (non-hydrogen) atoms. The largest absolute Gasteiger partial charge is 0.309 e. The van der Waals surface area contributed by atoms with Crippen LogP contribution in [-0.4, -0.2) is 17.2 Å². The van der Waals surface area contributed by atoms with Crippen molar-refractivity contribution in [3.8, 4) is 67.0 Å². The van der Waals surface area contributed by atoms with Crippen LogP contribution in [0.5, 0.6) is 0 Å². The maximum atomic E-state index is 2.58. The summed E-state index contributed by atoms with van der Waals surface area (Å²) in [6.45, 7) is 0. The molecule has 0 radical (unpaired) electrons. The van der Waals surface area contributed by atoms with Crippen LogP contribution in [0.1, 0.15) is 0 Å². The maximum absolute atomic E-state index is 3.28. The predicted octanol–water partition coefficient (Wildman–Crippen LogP) is 17.6. The third kappa shape index (κ3) is 8.17. The van der Waals surface area contributed by atoms with Crippen molar-refractivity contribution in [2.75, 3.05) is 0 Å². The van der Waals surface area contributed by atoms with E-state index in [1.54, 1.807) is 0 Å². The molecule has 0 spiro atoms. The molecule has 13 aromatic carbocycles. The van der Waals surface area contributed by atoms with Crippen molar-refractivity contribution in [1.82, 2.24) is 9.13 Å². The molecular weight excluding hydrogens is 993 g/mol. The molecule has 0 aliphatic heterocycles. The molecule has 3 heteroatoms. The van der Waals surface area contributed by atoms with Crippen LogP contribution in [0.15, 0.2) is 328 Å². The minimum absolute atomic E-state index is 1.15. The Morgan fingerprint density at radius 1 is 0.198 bits per heavy atom. The topological polar surface area (TPSA) is 9.86 Å². The lowest BCUT2D eigenvalue weighted by atomic mass is 9.95. The molecule has 0 atom stereocenters. The van der Waals surface area contributed by atoms with Gasteiger partial charge in [0.25, 0.3) is 0 Å². The van der Waals surface area contributed by atoms with Crippen molar-refractivity contribution in [3.05, 3.63) is 328 Å². The average molecular weight is 1050 g/mol. The van der Waals surface area contributed by atoms with Crippen LogP contribution in [0.3, 0.4) is 0 Å². The first kappa shape index (κ1) is 47.9. The van der Waals surface area contributed by atoms with E-state index in [-0.39, 0.29) is 0 Å². The summed E-state index contributed by atoms with van der Waals surface area (Å²) in [5, 5.41) is 10.2. The summed E-state index contributed by atoms with van der Waals surface area (Å²) in [5.74, 6) is 0. The molecule has 2 aromatic heterocycles. The van der Waals surface area contributed by atoms with Crippen molar-refractivity contribution in [3.63, 3.8) is 0 Å². The first-order valence-corrected chi connectivity index (χ1v) is 30.0. The fourth-order valence-electron chi connectivity index (χ4n) is 13.0. The van der Waals surface area contributed by atoms with Crippen molar-refractivity contribution in [2.24, 2.45) is 0 Å². The van der Waals surface area contributed by atoms with Crippen LogP contribution in [0.4, 0.5) is 0 Å². The molecule has 0 amide bonds. The predicted molar refractivity (Wildman–Crippen MR) is 346 cm³/mol. The van der Waals surface area contributed by atoms with Gasteiger partial charge in [-0.3, -0.25) is 0 Å². The van der Waals surface area contributed by atoms with E-state index >= 15 is 0 Å². The molecule has 15 aromatic rings. The fraction of sp³-hybridized carbons (Fsp3) is 0. The highest BCUT2D eigenvalue weighted by molar-refractivity contribution is 7.20. The van der Waals surface area contributed by atoms with Gasteiger partial charge in [0.05, 0.1) is 27.8 Å². The van der Waals surface area contributed by atoms with Gasteiger partial charge in [0.2, 0.25) is 0 Å². The van der Waals surface area contributed by atoms with Crippen molar-refractivity contribution < 1.29 is 0 Å². The number of nitrogens with zero attached hydrogens (tertiary/aromatic N) is 2. The Morgan fingerprint density at radius 2 is 0.543 bits per heavy atom. The van der Waals surface area contributed by atoms with E-state index in [1.165, 1.54) is 97.8 Å². The third-order valence-electron chi connectivity index (χ3n) is 16.6. The summed E-state index contributed by atoms with van der Waals surface area (Å²) in [6.07, 6.45) is 0. The second kappa shape index (κ2) is 20.2. The van der Waals surface area contributed by atoms with Gasteiger partial charge in [-0.25, -0.2) is 0 Å². The SMILES string of the molecule is c1ccc(-c2cccc([Si](c3ccccc3)(c3cccc(-c4ccccc4)c3)c3cc(-c4ccccc4)c(-n4c5ccccc5c5cc(-c6ccc7c(c6)c6ccccc6n7-c6ccccc6)ccc54)c(-c4ccccc4)c3)c2)cc1. The van der Waals surface area contributed by atoms with E-state index < -0.39 is 8.07 Å². The van der Waals surface area contributed by atoms with Crippen LogP contribution in [0, 0.1) is 0 Å². The number of benzene rings is 13. The molecule has 0 aliphatic carbocycles. The lowest BCUT2D eigenvalue weighted by Crippen LogP contribution is -2.74. The Kier molecular flexibility index (Phi) is 11.9. The van der Waals surface area contributed by atoms with Gasteiger partial charge in [-0.2, -0.15) is 0 Å². The highest BCUT2D eigenvalue weighted by Gasteiger charge is 2.43. The molecule has 0 fully saturated rings. The number of para-hydroxylation sites is 3. The zero-order chi connectivity index (χ0) is 53.7. The number of fused-ring (bicyclic) bond motifs is 6. The highest BCUT2D eigenvalue weighted by atomic mass is 28.3. The second-order valence-corrected chi connectivity index (χ2v) is 25.0. The summed E-state index contributed by atoms with van der Waals surface area (Å²) in [4.78, 5) is 0. The molecular formula is C78H54N2Si. The molecule has 380 valence electrons. The molecule has 15 rings (SSSR count). The monoisotopic (exact) mass is 1050 g/mol. The second-order valence-electron chi connectivity index (χ2n) is 21.2. The number of hydrogen-bond donors (Lipinski definition) is 0. The van der Waals surface area contributed by atoms with Gasteiger partial charge in [-0.1, -0.05) is 279 Å². The Balaban J connectivity index is 1.02. The van der Waals surface area contributed by atoms with Gasteiger partial charge >= 0.3 is 0 Å². The van der Waals surface area contributed by atoms with E-state index in [1.807, 2.05) is 0 Å². The number of hydrogen-bond acceptors (Lipinski definition) is 0. The van der Waals surface area contributed by atoms with Crippen LogP contribution in [-0.2, 0) is 0 Å². The zero-order valence-electron chi connectivity index (χ0n) is 44.6. The summed E-state index contributed by atoms with van der Waals surface area (Å²) in [7, 11) is -3.28. The molecule has 2 nitrogen and oxygen atoms in total. The average Bonchev–Trinajstić information content (AvgIpc) is 4.25. The smallest absolute Gasteiger partial charge is 0.179 e. The lowest BCUT2D eigenvalue weighted by molar-refractivity contribution is 1.18. The van der Waals surface area contributed by atoms with Gasteiger partial charge in [-0.15, -0.1) is 0 Å². The Bertz CT molecular complexity index is 4630. The third-order valence-corrected chi connectivity index (χ3v) is 21.3. The molecule has 0 aliphatic rings. The van der Waals surface area contributed by atoms with Gasteiger partial charge in [-0.05, 0) is 114 Å². The summed E-state index contributed by atoms with van der Waals surface area (Å²) in [5.41, 5.74) is 18.8. The summed E-state index contributed by atoms with van der Waals surface area (Å²) >= 11 is 0. The van der Waals surface area contributed by atoms with Crippen LogP contribution < -0.4 is 20.7 Å². The van der Waals surface area contributed by atoms with Crippen molar-refractivity contribution in [1.29, 1.82) is 0 Å². The van der Waals surface area contributed by atoms with Gasteiger partial charge in [0.15, 0.2) is 8.07 Å². The lowest BCUT2D eigenvalue weighted by Gasteiger charge is -2.36.